The second-order valence-corrected chi connectivity index (χ2v) is 7.17. The van der Waals surface area contributed by atoms with Crippen molar-refractivity contribution in [3.8, 4) is 11.1 Å². The molecular formula is C21H22N2O5. The maximum absolute atomic E-state index is 12.2. The fourth-order valence-electron chi connectivity index (χ4n) is 2.93. The first-order valence-electron chi connectivity index (χ1n) is 8.93. The first kappa shape index (κ1) is 19.6. The Morgan fingerprint density at radius 1 is 1.07 bits per heavy atom. The molecule has 1 aliphatic rings. The van der Waals surface area contributed by atoms with Crippen molar-refractivity contribution in [2.75, 3.05) is 13.2 Å². The first-order chi connectivity index (χ1) is 13.3. The third-order valence-corrected chi connectivity index (χ3v) is 4.47. The fourth-order valence-corrected chi connectivity index (χ4v) is 2.93. The minimum atomic E-state index is -1.17. The number of urea groups is 1. The molecule has 28 heavy (non-hydrogen) atoms. The van der Waals surface area contributed by atoms with E-state index in [4.69, 9.17) is 4.74 Å². The number of rotatable bonds is 6. The summed E-state index contributed by atoms with van der Waals surface area (Å²) >= 11 is 0. The van der Waals surface area contributed by atoms with Crippen LogP contribution in [0.3, 0.4) is 0 Å². The molecule has 2 aromatic carbocycles. The van der Waals surface area contributed by atoms with Crippen LogP contribution in [0.25, 0.3) is 11.1 Å². The number of imide groups is 1. The maximum Gasteiger partial charge on any atom is 0.338 e. The van der Waals surface area contributed by atoms with E-state index in [0.717, 1.165) is 16.0 Å². The number of amides is 3. The van der Waals surface area contributed by atoms with Gasteiger partial charge in [-0.2, -0.15) is 0 Å². The second-order valence-electron chi connectivity index (χ2n) is 7.17. The van der Waals surface area contributed by atoms with Crippen LogP contribution in [0.4, 0.5) is 4.79 Å². The van der Waals surface area contributed by atoms with E-state index in [9.17, 15) is 19.5 Å². The molecule has 1 heterocycles. The van der Waals surface area contributed by atoms with Gasteiger partial charge < -0.3 is 15.2 Å². The van der Waals surface area contributed by atoms with E-state index in [-0.39, 0.29) is 13.2 Å². The molecule has 3 amide bonds. The van der Waals surface area contributed by atoms with Gasteiger partial charge in [-0.05, 0) is 37.1 Å². The van der Waals surface area contributed by atoms with Crippen LogP contribution < -0.4 is 5.32 Å². The zero-order valence-electron chi connectivity index (χ0n) is 15.7. The molecule has 0 aromatic heterocycles. The Balaban J connectivity index is 1.54. The summed E-state index contributed by atoms with van der Waals surface area (Å²) in [4.78, 5) is 37.0. The summed E-state index contributed by atoms with van der Waals surface area (Å²) in [6.07, 6.45) is -1.17. The van der Waals surface area contributed by atoms with Crippen molar-refractivity contribution in [2.24, 2.45) is 0 Å². The molecule has 1 atom stereocenters. The minimum Gasteiger partial charge on any atom is -0.459 e. The van der Waals surface area contributed by atoms with Crippen molar-refractivity contribution in [2.45, 2.75) is 25.5 Å². The fraction of sp³-hybridized carbons (Fsp3) is 0.286. The lowest BCUT2D eigenvalue weighted by atomic mass is 10.0. The molecule has 146 valence electrons. The van der Waals surface area contributed by atoms with Gasteiger partial charge in [0.05, 0.1) is 12.1 Å². The molecule has 0 saturated carbocycles. The summed E-state index contributed by atoms with van der Waals surface area (Å²) in [5.41, 5.74) is 1.35. The van der Waals surface area contributed by atoms with Crippen molar-refractivity contribution in [1.29, 1.82) is 0 Å². The van der Waals surface area contributed by atoms with E-state index in [0.29, 0.717) is 5.56 Å². The minimum absolute atomic E-state index is 0.242. The summed E-state index contributed by atoms with van der Waals surface area (Å²) < 4.78 is 5.11. The lowest BCUT2D eigenvalue weighted by molar-refractivity contribution is -0.131. The Morgan fingerprint density at radius 3 is 2.25 bits per heavy atom. The number of aliphatic hydroxyl groups excluding tert-OH is 1. The van der Waals surface area contributed by atoms with Gasteiger partial charge in [0.1, 0.15) is 18.2 Å². The number of carbonyl (C=O) groups excluding carboxylic acids is 3. The summed E-state index contributed by atoms with van der Waals surface area (Å²) in [7, 11) is 0. The number of esters is 1. The molecule has 2 N–H and O–H groups in total. The number of nitrogens with zero attached hydrogens (tertiary/aromatic N) is 1. The van der Waals surface area contributed by atoms with Crippen LogP contribution in [0.15, 0.2) is 54.6 Å². The zero-order chi connectivity index (χ0) is 20.3. The van der Waals surface area contributed by atoms with Gasteiger partial charge in [0, 0.05) is 0 Å². The Morgan fingerprint density at radius 2 is 1.68 bits per heavy atom. The van der Waals surface area contributed by atoms with Crippen molar-refractivity contribution >= 4 is 17.9 Å². The summed E-state index contributed by atoms with van der Waals surface area (Å²) in [6.45, 7) is 2.60. The topological polar surface area (TPSA) is 95.9 Å². The number of ether oxygens (including phenoxy) is 1. The number of carbonyl (C=O) groups is 3. The van der Waals surface area contributed by atoms with Gasteiger partial charge in [0.15, 0.2) is 0 Å². The predicted molar refractivity (Wildman–Crippen MR) is 102 cm³/mol. The highest BCUT2D eigenvalue weighted by molar-refractivity contribution is 6.06. The number of hydrogen-bond acceptors (Lipinski definition) is 5. The van der Waals surface area contributed by atoms with E-state index in [1.165, 1.54) is 0 Å². The molecular weight excluding hydrogens is 360 g/mol. The van der Waals surface area contributed by atoms with Gasteiger partial charge in [-0.1, -0.05) is 42.5 Å². The Labute approximate surface area is 162 Å². The molecule has 1 saturated heterocycles. The average molecular weight is 382 g/mol. The summed E-state index contributed by atoms with van der Waals surface area (Å²) in [6, 6.07) is 16.1. The highest BCUT2D eigenvalue weighted by Crippen LogP contribution is 2.20. The van der Waals surface area contributed by atoms with Crippen molar-refractivity contribution in [1.82, 2.24) is 10.2 Å². The van der Waals surface area contributed by atoms with Gasteiger partial charge in [0.2, 0.25) is 0 Å². The molecule has 1 aliphatic heterocycles. The van der Waals surface area contributed by atoms with Crippen LogP contribution >= 0.6 is 0 Å². The molecule has 7 heteroatoms. The lowest BCUT2D eigenvalue weighted by Gasteiger charge is -2.19. The third-order valence-electron chi connectivity index (χ3n) is 4.47. The Kier molecular flexibility index (Phi) is 5.46. The average Bonchev–Trinajstić information content (AvgIpc) is 2.88. The highest BCUT2D eigenvalue weighted by atomic mass is 16.5. The zero-order valence-corrected chi connectivity index (χ0v) is 15.7. The third kappa shape index (κ3) is 4.20. The molecule has 7 nitrogen and oxygen atoms in total. The van der Waals surface area contributed by atoms with Crippen LogP contribution in [-0.4, -0.2) is 52.7 Å². The summed E-state index contributed by atoms with van der Waals surface area (Å²) in [5.74, 6) is -1.02. The largest absolute Gasteiger partial charge is 0.459 e. The number of nitrogens with one attached hydrogen (secondary N) is 1. The van der Waals surface area contributed by atoms with Crippen molar-refractivity contribution in [3.05, 3.63) is 60.2 Å². The molecule has 0 spiro atoms. The van der Waals surface area contributed by atoms with E-state index in [1.54, 1.807) is 26.0 Å². The maximum atomic E-state index is 12.2. The van der Waals surface area contributed by atoms with E-state index >= 15 is 0 Å². The van der Waals surface area contributed by atoms with Gasteiger partial charge >= 0.3 is 12.0 Å². The monoisotopic (exact) mass is 382 g/mol. The van der Waals surface area contributed by atoms with E-state index < -0.39 is 29.6 Å². The molecule has 0 radical (unpaired) electrons. The van der Waals surface area contributed by atoms with Gasteiger partial charge in [-0.3, -0.25) is 9.69 Å². The van der Waals surface area contributed by atoms with Gasteiger partial charge in [-0.25, -0.2) is 9.59 Å². The van der Waals surface area contributed by atoms with Crippen LogP contribution in [0.2, 0.25) is 0 Å². The smallest absolute Gasteiger partial charge is 0.338 e. The molecule has 3 rings (SSSR count). The first-order valence-corrected chi connectivity index (χ1v) is 8.93. The molecule has 0 aliphatic carbocycles. The molecule has 1 fully saturated rings. The van der Waals surface area contributed by atoms with Crippen LogP contribution in [-0.2, 0) is 9.53 Å². The highest BCUT2D eigenvalue weighted by Gasteiger charge is 2.44. The Bertz CT molecular complexity index is 877. The number of β-amino-alcohol motifs (C(OH)–C–C–N with tert-alkyl or cyclic N) is 1. The summed E-state index contributed by atoms with van der Waals surface area (Å²) in [5, 5.41) is 12.6. The normalized spacial score (nSPS) is 16.6. The van der Waals surface area contributed by atoms with Crippen LogP contribution in [0.5, 0.6) is 0 Å². The van der Waals surface area contributed by atoms with Crippen LogP contribution in [0, 0.1) is 0 Å². The standard InChI is InChI=1S/C21H22N2O5/c1-21(2)19(26)23(20(27)22-21)12-17(24)13-28-18(25)16-10-8-15(9-11-16)14-6-4-3-5-7-14/h3-11,17,24H,12-13H2,1-2H3,(H,22,27). The Hall–Kier alpha value is -3.19. The molecule has 0 bridgehead atoms. The number of benzene rings is 2. The van der Waals surface area contributed by atoms with Crippen LogP contribution in [0.1, 0.15) is 24.2 Å². The lowest BCUT2D eigenvalue weighted by Crippen LogP contribution is -2.42. The SMILES string of the molecule is CC1(C)NC(=O)N(CC(O)COC(=O)c2ccc(-c3ccccc3)cc2)C1=O. The van der Waals surface area contributed by atoms with Crippen molar-refractivity contribution < 1.29 is 24.2 Å². The van der Waals surface area contributed by atoms with E-state index in [2.05, 4.69) is 5.32 Å². The molecule has 2 aromatic rings. The number of aliphatic hydroxyl groups is 1. The van der Waals surface area contributed by atoms with E-state index in [1.807, 2.05) is 42.5 Å². The van der Waals surface area contributed by atoms with Crippen molar-refractivity contribution in [3.63, 3.8) is 0 Å². The van der Waals surface area contributed by atoms with Gasteiger partial charge in [0.25, 0.3) is 5.91 Å². The second kappa shape index (κ2) is 7.82. The van der Waals surface area contributed by atoms with Gasteiger partial charge in [-0.15, -0.1) is 0 Å². The molecule has 1 unspecified atom stereocenters. The number of hydrogen-bond donors (Lipinski definition) is 2. The quantitative estimate of drug-likeness (QED) is 0.590. The predicted octanol–water partition coefficient (Wildman–Crippen LogP) is 2.20.